The van der Waals surface area contributed by atoms with Gasteiger partial charge in [-0.15, -0.1) is 0 Å². The average molecular weight is 357 g/mol. The lowest BCUT2D eigenvalue weighted by atomic mass is 10.1. The molecule has 7 heteroatoms. The van der Waals surface area contributed by atoms with E-state index in [4.69, 9.17) is 16.0 Å². The minimum Gasteiger partial charge on any atom is -0.451 e. The first-order chi connectivity index (χ1) is 12.0. The Kier molecular flexibility index (Phi) is 4.54. The van der Waals surface area contributed by atoms with Crippen LogP contribution in [0.25, 0.3) is 11.3 Å². The minimum absolute atomic E-state index is 0.0329. The van der Waals surface area contributed by atoms with Gasteiger partial charge in [0.05, 0.1) is 9.95 Å². The summed E-state index contributed by atoms with van der Waals surface area (Å²) in [6.45, 7) is 1.68. The molecule has 1 heterocycles. The molecule has 0 saturated heterocycles. The summed E-state index contributed by atoms with van der Waals surface area (Å²) in [5.74, 6) is 0.152. The first-order valence-corrected chi connectivity index (χ1v) is 7.74. The van der Waals surface area contributed by atoms with Gasteiger partial charge < -0.3 is 9.73 Å². The van der Waals surface area contributed by atoms with Crippen molar-refractivity contribution in [1.82, 2.24) is 0 Å². The number of nitro benzene ring substituents is 1. The van der Waals surface area contributed by atoms with E-state index in [0.717, 1.165) is 0 Å². The lowest BCUT2D eigenvalue weighted by Gasteiger charge is -2.06. The molecule has 0 spiro atoms. The molecule has 0 unspecified atom stereocenters. The lowest BCUT2D eigenvalue weighted by Crippen LogP contribution is -2.11. The third-order valence-corrected chi connectivity index (χ3v) is 3.97. The number of amides is 1. The Morgan fingerprint density at radius 2 is 1.92 bits per heavy atom. The first-order valence-electron chi connectivity index (χ1n) is 7.37. The highest BCUT2D eigenvalue weighted by Crippen LogP contribution is 2.29. The summed E-state index contributed by atoms with van der Waals surface area (Å²) in [6.07, 6.45) is 0. The summed E-state index contributed by atoms with van der Waals surface area (Å²) in [4.78, 5) is 22.6. The lowest BCUT2D eigenvalue weighted by molar-refractivity contribution is -0.384. The zero-order chi connectivity index (χ0) is 18.0. The van der Waals surface area contributed by atoms with E-state index in [0.29, 0.717) is 27.6 Å². The van der Waals surface area contributed by atoms with E-state index in [1.165, 1.54) is 18.2 Å². The second kappa shape index (κ2) is 6.78. The summed E-state index contributed by atoms with van der Waals surface area (Å²) < 4.78 is 5.58. The van der Waals surface area contributed by atoms with Gasteiger partial charge >= 0.3 is 0 Å². The second-order valence-corrected chi connectivity index (χ2v) is 5.76. The van der Waals surface area contributed by atoms with Crippen molar-refractivity contribution >= 4 is 28.9 Å². The van der Waals surface area contributed by atoms with E-state index in [1.807, 2.05) is 6.07 Å². The number of nitro groups is 1. The molecule has 1 aromatic heterocycles. The van der Waals surface area contributed by atoms with Gasteiger partial charge in [0.1, 0.15) is 5.76 Å². The van der Waals surface area contributed by atoms with Crippen molar-refractivity contribution in [3.63, 3.8) is 0 Å². The van der Waals surface area contributed by atoms with Gasteiger partial charge in [-0.1, -0.05) is 23.7 Å². The highest BCUT2D eigenvalue weighted by molar-refractivity contribution is 6.33. The third-order valence-electron chi connectivity index (χ3n) is 3.64. The molecule has 3 rings (SSSR count). The number of carbonyl (C=O) groups is 1. The molecular formula is C18H13ClN2O4. The largest absolute Gasteiger partial charge is 0.451 e. The van der Waals surface area contributed by atoms with Crippen LogP contribution >= 0.6 is 11.6 Å². The Bertz CT molecular complexity index is 965. The van der Waals surface area contributed by atoms with Crippen LogP contribution in [0, 0.1) is 17.0 Å². The Labute approximate surface area is 148 Å². The number of carbonyl (C=O) groups excluding carboxylic acids is 1. The standard InChI is InChI=1S/C18H13ClN2O4/c1-11-10-12(21(23)24)6-7-15(11)20-18(22)17-9-8-16(25-17)13-4-2-3-5-14(13)19/h2-10H,1H3,(H,20,22). The van der Waals surface area contributed by atoms with E-state index >= 15 is 0 Å². The Hall–Kier alpha value is -3.12. The van der Waals surface area contributed by atoms with Crippen molar-refractivity contribution in [2.24, 2.45) is 0 Å². The van der Waals surface area contributed by atoms with E-state index < -0.39 is 10.8 Å². The first kappa shape index (κ1) is 16.7. The maximum atomic E-state index is 12.3. The molecule has 25 heavy (non-hydrogen) atoms. The number of aryl methyl sites for hydroxylation is 1. The number of furan rings is 1. The van der Waals surface area contributed by atoms with Crippen molar-refractivity contribution in [3.05, 3.63) is 81.1 Å². The van der Waals surface area contributed by atoms with Crippen LogP contribution in [-0.2, 0) is 0 Å². The number of benzene rings is 2. The second-order valence-electron chi connectivity index (χ2n) is 5.35. The van der Waals surface area contributed by atoms with Crippen LogP contribution in [0.2, 0.25) is 5.02 Å². The number of nitrogens with zero attached hydrogens (tertiary/aromatic N) is 1. The van der Waals surface area contributed by atoms with E-state index in [1.54, 1.807) is 37.3 Å². The predicted molar refractivity (Wildman–Crippen MR) is 94.9 cm³/mol. The molecule has 1 amide bonds. The monoisotopic (exact) mass is 356 g/mol. The van der Waals surface area contributed by atoms with E-state index in [2.05, 4.69) is 5.32 Å². The van der Waals surface area contributed by atoms with Gasteiger partial charge in [0.2, 0.25) is 0 Å². The van der Waals surface area contributed by atoms with Gasteiger partial charge in [0.25, 0.3) is 11.6 Å². The van der Waals surface area contributed by atoms with Crippen LogP contribution in [0.3, 0.4) is 0 Å². The minimum atomic E-state index is -0.485. The molecule has 0 fully saturated rings. The molecular weight excluding hydrogens is 344 g/mol. The van der Waals surface area contributed by atoms with E-state index in [-0.39, 0.29) is 11.4 Å². The maximum absolute atomic E-state index is 12.3. The van der Waals surface area contributed by atoms with Crippen LogP contribution in [0.1, 0.15) is 16.1 Å². The van der Waals surface area contributed by atoms with Crippen molar-refractivity contribution in [2.75, 3.05) is 5.32 Å². The fourth-order valence-electron chi connectivity index (χ4n) is 2.35. The number of rotatable bonds is 4. The van der Waals surface area contributed by atoms with Crippen molar-refractivity contribution in [2.45, 2.75) is 6.92 Å². The maximum Gasteiger partial charge on any atom is 0.291 e. The highest BCUT2D eigenvalue weighted by atomic mass is 35.5. The molecule has 0 aliphatic carbocycles. The summed E-state index contributed by atoms with van der Waals surface area (Å²) in [6, 6.07) is 14.6. The summed E-state index contributed by atoms with van der Waals surface area (Å²) in [5, 5.41) is 14.0. The SMILES string of the molecule is Cc1cc([N+](=O)[O-])ccc1NC(=O)c1ccc(-c2ccccc2Cl)o1. The molecule has 3 aromatic rings. The number of non-ortho nitro benzene ring substituents is 1. The number of anilines is 1. The fourth-order valence-corrected chi connectivity index (χ4v) is 2.58. The average Bonchev–Trinajstić information content (AvgIpc) is 3.07. The van der Waals surface area contributed by atoms with Crippen LogP contribution < -0.4 is 5.32 Å². The van der Waals surface area contributed by atoms with Gasteiger partial charge in [-0.25, -0.2) is 0 Å². The molecule has 0 atom stereocenters. The number of halogens is 1. The number of hydrogen-bond acceptors (Lipinski definition) is 4. The van der Waals surface area contributed by atoms with Gasteiger partial charge in [0.15, 0.2) is 5.76 Å². The fraction of sp³-hybridized carbons (Fsp3) is 0.0556. The van der Waals surface area contributed by atoms with Crippen LogP contribution in [0.5, 0.6) is 0 Å². The van der Waals surface area contributed by atoms with Crippen LogP contribution in [0.4, 0.5) is 11.4 Å². The third kappa shape index (κ3) is 3.54. The Morgan fingerprint density at radius 3 is 2.60 bits per heavy atom. The van der Waals surface area contributed by atoms with Crippen molar-refractivity contribution in [1.29, 1.82) is 0 Å². The molecule has 0 radical (unpaired) electrons. The Balaban J connectivity index is 1.81. The molecule has 0 saturated carbocycles. The normalized spacial score (nSPS) is 10.5. The molecule has 0 aliphatic rings. The molecule has 6 nitrogen and oxygen atoms in total. The predicted octanol–water partition coefficient (Wildman–Crippen LogP) is 5.07. The number of nitrogens with one attached hydrogen (secondary N) is 1. The highest BCUT2D eigenvalue weighted by Gasteiger charge is 2.16. The van der Waals surface area contributed by atoms with Gasteiger partial charge in [-0.3, -0.25) is 14.9 Å². The zero-order valence-corrected chi connectivity index (χ0v) is 13.9. The van der Waals surface area contributed by atoms with Gasteiger partial charge in [-0.05, 0) is 42.8 Å². The quantitative estimate of drug-likeness (QED) is 0.522. The van der Waals surface area contributed by atoms with Gasteiger partial charge in [0, 0.05) is 23.4 Å². The summed E-state index contributed by atoms with van der Waals surface area (Å²) in [7, 11) is 0. The topological polar surface area (TPSA) is 85.4 Å². The zero-order valence-electron chi connectivity index (χ0n) is 13.2. The van der Waals surface area contributed by atoms with Gasteiger partial charge in [-0.2, -0.15) is 0 Å². The van der Waals surface area contributed by atoms with Crippen molar-refractivity contribution in [3.8, 4) is 11.3 Å². The smallest absolute Gasteiger partial charge is 0.291 e. The number of hydrogen-bond donors (Lipinski definition) is 1. The van der Waals surface area contributed by atoms with Crippen LogP contribution in [0.15, 0.2) is 59.0 Å². The van der Waals surface area contributed by atoms with Crippen LogP contribution in [-0.4, -0.2) is 10.8 Å². The molecule has 0 aliphatic heterocycles. The van der Waals surface area contributed by atoms with Crippen molar-refractivity contribution < 1.29 is 14.1 Å². The molecule has 1 N–H and O–H groups in total. The summed E-state index contributed by atoms with van der Waals surface area (Å²) >= 11 is 6.12. The molecule has 2 aromatic carbocycles. The molecule has 0 bridgehead atoms. The summed E-state index contributed by atoms with van der Waals surface area (Å²) in [5.41, 5.74) is 1.72. The molecule has 126 valence electrons. The Morgan fingerprint density at radius 1 is 1.16 bits per heavy atom. The van der Waals surface area contributed by atoms with E-state index in [9.17, 15) is 14.9 Å².